The van der Waals surface area contributed by atoms with Crippen molar-refractivity contribution in [1.29, 1.82) is 0 Å². The Morgan fingerprint density at radius 3 is 2.57 bits per heavy atom. The summed E-state index contributed by atoms with van der Waals surface area (Å²) in [6.07, 6.45) is 0.462. The molecule has 0 radical (unpaired) electrons. The van der Waals surface area contributed by atoms with Gasteiger partial charge in [-0.3, -0.25) is 0 Å². The Bertz CT molecular complexity index is 631. The summed E-state index contributed by atoms with van der Waals surface area (Å²) >= 11 is 18.8. The summed E-state index contributed by atoms with van der Waals surface area (Å²) in [7, 11) is 0. The number of benzene rings is 2. The smallest absolute Gasteiger partial charge is 0.139 e. The van der Waals surface area contributed by atoms with Crippen LogP contribution in [0.25, 0.3) is 0 Å². The maximum absolute atomic E-state index is 13.2. The first-order valence-electron chi connectivity index (χ1n) is 6.51. The molecule has 2 aromatic carbocycles. The van der Waals surface area contributed by atoms with E-state index in [1.54, 1.807) is 18.2 Å². The first-order chi connectivity index (χ1) is 10.0. The zero-order chi connectivity index (χ0) is 15.4. The highest BCUT2D eigenvalue weighted by atomic mass is 35.5. The molecule has 0 amide bonds. The predicted molar refractivity (Wildman–Crippen MR) is 86.3 cm³/mol. The first-order valence-corrected chi connectivity index (χ1v) is 7.70. The monoisotopic (exact) mass is 346 g/mol. The average Bonchev–Trinajstić information content (AvgIpc) is 2.42. The van der Waals surface area contributed by atoms with Crippen molar-refractivity contribution in [2.75, 3.05) is 6.61 Å². The molecule has 0 aromatic heterocycles. The van der Waals surface area contributed by atoms with Gasteiger partial charge in [-0.25, -0.2) is 4.39 Å². The zero-order valence-electron chi connectivity index (χ0n) is 11.4. The molecule has 2 aromatic rings. The lowest BCUT2D eigenvalue weighted by Crippen LogP contribution is -1.99. The Kier molecular flexibility index (Phi) is 5.74. The highest BCUT2D eigenvalue weighted by Crippen LogP contribution is 2.37. The van der Waals surface area contributed by atoms with Gasteiger partial charge in [0.25, 0.3) is 0 Å². The van der Waals surface area contributed by atoms with Gasteiger partial charge in [0.05, 0.1) is 17.0 Å². The average molecular weight is 348 g/mol. The minimum Gasteiger partial charge on any atom is -0.492 e. The zero-order valence-corrected chi connectivity index (χ0v) is 13.6. The van der Waals surface area contributed by atoms with Crippen molar-refractivity contribution in [2.24, 2.45) is 0 Å². The molecule has 1 atom stereocenters. The normalized spacial score (nSPS) is 12.2. The van der Waals surface area contributed by atoms with E-state index in [0.29, 0.717) is 34.4 Å². The lowest BCUT2D eigenvalue weighted by molar-refractivity contribution is 0.340. The van der Waals surface area contributed by atoms with Crippen molar-refractivity contribution in [3.63, 3.8) is 0 Å². The topological polar surface area (TPSA) is 9.23 Å². The van der Waals surface area contributed by atoms with Crippen molar-refractivity contribution < 1.29 is 9.13 Å². The molecule has 0 spiro atoms. The summed E-state index contributed by atoms with van der Waals surface area (Å²) in [4.78, 5) is 0. The van der Waals surface area contributed by atoms with Crippen molar-refractivity contribution in [3.8, 4) is 5.75 Å². The van der Waals surface area contributed by atoms with E-state index in [0.717, 1.165) is 5.56 Å². The van der Waals surface area contributed by atoms with Crippen molar-refractivity contribution >= 4 is 34.8 Å². The number of rotatable bonds is 5. The Balaban J connectivity index is 2.23. The minimum absolute atomic E-state index is 0.285. The predicted octanol–water partition coefficient (Wildman–Crippen LogP) is 6.05. The molecular weight excluding hydrogens is 334 g/mol. The molecule has 112 valence electrons. The first kappa shape index (κ1) is 16.4. The summed E-state index contributed by atoms with van der Waals surface area (Å²) < 4.78 is 18.6. The van der Waals surface area contributed by atoms with E-state index in [9.17, 15) is 4.39 Å². The van der Waals surface area contributed by atoms with Crippen molar-refractivity contribution in [3.05, 3.63) is 63.4 Å². The van der Waals surface area contributed by atoms with Gasteiger partial charge in [0.1, 0.15) is 11.6 Å². The Hall–Kier alpha value is -0.960. The third kappa shape index (κ3) is 4.26. The number of hydrogen-bond donors (Lipinski definition) is 0. The Morgan fingerprint density at radius 2 is 1.90 bits per heavy atom. The van der Waals surface area contributed by atoms with Crippen LogP contribution in [0.3, 0.4) is 0 Å². The van der Waals surface area contributed by atoms with Gasteiger partial charge in [0.15, 0.2) is 0 Å². The van der Waals surface area contributed by atoms with Gasteiger partial charge in [0.2, 0.25) is 0 Å². The van der Waals surface area contributed by atoms with Gasteiger partial charge in [-0.2, -0.15) is 0 Å². The van der Waals surface area contributed by atoms with Crippen LogP contribution in [0.1, 0.15) is 23.4 Å². The molecule has 0 N–H and O–H groups in total. The summed E-state index contributed by atoms with van der Waals surface area (Å²) in [5.41, 5.74) is 1.51. The largest absolute Gasteiger partial charge is 0.492 e. The summed E-state index contributed by atoms with van der Waals surface area (Å²) in [5.74, 6) is 0.245. The van der Waals surface area contributed by atoms with Crippen LogP contribution in [0.4, 0.5) is 4.39 Å². The second-order valence-electron chi connectivity index (χ2n) is 4.54. The van der Waals surface area contributed by atoms with E-state index in [1.807, 2.05) is 13.0 Å². The summed E-state index contributed by atoms with van der Waals surface area (Å²) in [5, 5.41) is 0.549. The number of halogens is 4. The molecular formula is C16H14Cl3FO. The van der Waals surface area contributed by atoms with E-state index in [2.05, 4.69) is 0 Å². The van der Waals surface area contributed by atoms with Crippen LogP contribution < -0.4 is 4.74 Å². The molecule has 0 saturated carbocycles. The highest BCUT2D eigenvalue weighted by molar-refractivity contribution is 6.35. The van der Waals surface area contributed by atoms with E-state index < -0.39 is 5.38 Å². The molecule has 0 aliphatic carbocycles. The van der Waals surface area contributed by atoms with Crippen LogP contribution in [0.5, 0.6) is 5.75 Å². The molecule has 0 aliphatic rings. The van der Waals surface area contributed by atoms with Crippen molar-refractivity contribution in [2.45, 2.75) is 18.7 Å². The fraction of sp³-hybridized carbons (Fsp3) is 0.250. The second-order valence-corrected chi connectivity index (χ2v) is 5.88. The van der Waals surface area contributed by atoms with Crippen molar-refractivity contribution in [1.82, 2.24) is 0 Å². The number of hydrogen-bond acceptors (Lipinski definition) is 1. The molecule has 2 rings (SSSR count). The van der Waals surface area contributed by atoms with E-state index in [4.69, 9.17) is 39.5 Å². The van der Waals surface area contributed by atoms with Gasteiger partial charge in [-0.05, 0) is 42.7 Å². The molecule has 0 saturated heterocycles. The number of ether oxygens (including phenoxy) is 1. The molecule has 1 unspecified atom stereocenters. The third-order valence-corrected chi connectivity index (χ3v) is 4.00. The lowest BCUT2D eigenvalue weighted by atomic mass is 10.0. The van der Waals surface area contributed by atoms with Gasteiger partial charge in [0, 0.05) is 11.1 Å². The van der Waals surface area contributed by atoms with Crippen LogP contribution in [0.15, 0.2) is 36.4 Å². The van der Waals surface area contributed by atoms with E-state index >= 15 is 0 Å². The van der Waals surface area contributed by atoms with Crippen LogP contribution in [0.2, 0.25) is 10.0 Å². The third-order valence-electron chi connectivity index (χ3n) is 2.99. The fourth-order valence-electron chi connectivity index (χ4n) is 2.03. The molecule has 21 heavy (non-hydrogen) atoms. The summed E-state index contributed by atoms with van der Waals surface area (Å²) in [6, 6.07) is 9.69. The van der Waals surface area contributed by atoms with Gasteiger partial charge in [-0.1, -0.05) is 35.3 Å². The van der Waals surface area contributed by atoms with Crippen LogP contribution in [0, 0.1) is 5.82 Å². The molecule has 0 heterocycles. The van der Waals surface area contributed by atoms with Crippen LogP contribution >= 0.6 is 34.8 Å². The minimum atomic E-state index is -0.396. The summed E-state index contributed by atoms with van der Waals surface area (Å²) in [6.45, 7) is 2.37. The lowest BCUT2D eigenvalue weighted by Gasteiger charge is -2.15. The van der Waals surface area contributed by atoms with Gasteiger partial charge in [-0.15, -0.1) is 11.6 Å². The molecule has 1 nitrogen and oxygen atoms in total. The van der Waals surface area contributed by atoms with Gasteiger partial charge >= 0.3 is 0 Å². The highest BCUT2D eigenvalue weighted by Gasteiger charge is 2.16. The maximum atomic E-state index is 13.2. The molecule has 5 heteroatoms. The van der Waals surface area contributed by atoms with E-state index in [-0.39, 0.29) is 5.82 Å². The standard InChI is InChI=1S/C16H14Cl3FO/c1-2-21-16-9-14(18)12(8-15(16)19)13(17)7-10-4-3-5-11(20)6-10/h3-6,8-9,13H,2,7H2,1H3. The molecule has 0 bridgehead atoms. The van der Waals surface area contributed by atoms with Crippen LogP contribution in [-0.4, -0.2) is 6.61 Å². The fourth-order valence-corrected chi connectivity index (χ4v) is 2.96. The van der Waals surface area contributed by atoms with E-state index in [1.165, 1.54) is 12.1 Å². The maximum Gasteiger partial charge on any atom is 0.139 e. The van der Waals surface area contributed by atoms with Gasteiger partial charge < -0.3 is 4.74 Å². The Morgan fingerprint density at radius 1 is 1.14 bits per heavy atom. The Labute approximate surface area is 138 Å². The SMILES string of the molecule is CCOc1cc(Cl)c(C(Cl)Cc2cccc(F)c2)cc1Cl. The molecule has 0 fully saturated rings. The van der Waals surface area contributed by atoms with Crippen LogP contribution in [-0.2, 0) is 6.42 Å². The molecule has 0 aliphatic heterocycles. The number of alkyl halides is 1. The quantitative estimate of drug-likeness (QED) is 0.598. The second kappa shape index (κ2) is 7.35.